The molecular weight excluding hydrogens is 585 g/mol. The molecule has 14 heteroatoms. The molecule has 1 aromatic heterocycles. The van der Waals surface area contributed by atoms with Gasteiger partial charge in [-0.3, -0.25) is 14.7 Å². The molecule has 1 aliphatic rings. The number of aromatic nitrogens is 2. The van der Waals surface area contributed by atoms with Crippen molar-refractivity contribution in [3.05, 3.63) is 69.4 Å². The molecule has 1 amide bonds. The summed E-state index contributed by atoms with van der Waals surface area (Å²) >= 11 is 9.28. The molecule has 1 fully saturated rings. The minimum absolute atomic E-state index is 0.0287. The van der Waals surface area contributed by atoms with Gasteiger partial charge in [-0.25, -0.2) is 0 Å². The Morgan fingerprint density at radius 3 is 2.70 bits per heavy atom. The van der Waals surface area contributed by atoms with Crippen LogP contribution in [-0.2, 0) is 16.0 Å². The number of alkyl halides is 3. The zero-order valence-corrected chi connectivity index (χ0v) is 21.4. The molecule has 0 saturated carbocycles. The molecule has 198 valence electrons. The second kappa shape index (κ2) is 12.1. The van der Waals surface area contributed by atoms with Gasteiger partial charge in [-0.05, 0) is 45.8 Å². The zero-order chi connectivity index (χ0) is 26.4. The summed E-state index contributed by atoms with van der Waals surface area (Å²) in [5.41, 5.74) is 0.915. The highest BCUT2D eigenvalue weighted by molar-refractivity contribution is 9.10. The normalized spacial score (nSPS) is 15.5. The van der Waals surface area contributed by atoms with Crippen molar-refractivity contribution >= 4 is 33.4 Å². The Hall–Kier alpha value is -2.84. The van der Waals surface area contributed by atoms with Gasteiger partial charge >= 0.3 is 12.4 Å². The first-order chi connectivity index (χ1) is 17.7. The maximum Gasteiger partial charge on any atom is 0.573 e. The second-order valence-electron chi connectivity index (χ2n) is 7.65. The number of hydrogen-bond donors (Lipinski definition) is 2. The number of nitrogens with one attached hydrogen (secondary N) is 2. The molecule has 1 unspecified atom stereocenters. The van der Waals surface area contributed by atoms with Crippen molar-refractivity contribution in [1.29, 1.82) is 0 Å². The smallest absolute Gasteiger partial charge is 0.425 e. The third kappa shape index (κ3) is 7.82. The topological polar surface area (TPSA) is 95.9 Å². The second-order valence-corrected chi connectivity index (χ2v) is 8.84. The summed E-state index contributed by atoms with van der Waals surface area (Å²) in [5.74, 6) is -0.902. The average molecular weight is 606 g/mol. The number of imidazole rings is 1. The van der Waals surface area contributed by atoms with E-state index in [9.17, 15) is 18.0 Å². The highest BCUT2D eigenvalue weighted by Gasteiger charge is 2.31. The van der Waals surface area contributed by atoms with Crippen LogP contribution >= 0.6 is 27.5 Å². The van der Waals surface area contributed by atoms with Gasteiger partial charge in [0.1, 0.15) is 21.8 Å². The van der Waals surface area contributed by atoms with Crippen LogP contribution in [0.3, 0.4) is 0 Å². The van der Waals surface area contributed by atoms with Crippen molar-refractivity contribution in [2.24, 2.45) is 0 Å². The number of halogens is 5. The first-order valence-corrected chi connectivity index (χ1v) is 12.1. The lowest BCUT2D eigenvalue weighted by atomic mass is 10.2. The molecule has 0 spiro atoms. The van der Waals surface area contributed by atoms with E-state index in [1.807, 2.05) is 0 Å². The monoisotopic (exact) mass is 604 g/mol. The molecule has 2 aromatic carbocycles. The van der Waals surface area contributed by atoms with Crippen molar-refractivity contribution in [2.75, 3.05) is 26.3 Å². The van der Waals surface area contributed by atoms with Crippen LogP contribution in [0.25, 0.3) is 0 Å². The quantitative estimate of drug-likeness (QED) is 0.324. The van der Waals surface area contributed by atoms with E-state index in [-0.39, 0.29) is 41.8 Å². The summed E-state index contributed by atoms with van der Waals surface area (Å²) in [6.45, 7) is 1.76. The largest absolute Gasteiger partial charge is 0.573 e. The Balaban J connectivity index is 1.55. The SMILES string of the molecule is O=C(NCCOC1NCCO1)c1c(Br)nc(Oc2cccc(OC(F)(F)F)c2)n1Cc1ccc(Cl)cc1. The van der Waals surface area contributed by atoms with Gasteiger partial charge in [0.15, 0.2) is 0 Å². The van der Waals surface area contributed by atoms with Crippen LogP contribution in [0.2, 0.25) is 5.02 Å². The summed E-state index contributed by atoms with van der Waals surface area (Å²) in [6, 6.07) is 11.9. The Kier molecular flexibility index (Phi) is 8.92. The van der Waals surface area contributed by atoms with Crippen LogP contribution in [-0.4, -0.2) is 54.5 Å². The lowest BCUT2D eigenvalue weighted by Crippen LogP contribution is -2.33. The molecule has 9 nitrogen and oxygen atoms in total. The molecule has 3 aromatic rings. The zero-order valence-electron chi connectivity index (χ0n) is 19.1. The van der Waals surface area contributed by atoms with E-state index in [2.05, 4.69) is 36.3 Å². The van der Waals surface area contributed by atoms with Crippen LogP contribution < -0.4 is 20.1 Å². The van der Waals surface area contributed by atoms with E-state index in [0.29, 0.717) is 18.2 Å². The van der Waals surface area contributed by atoms with Gasteiger partial charge in [-0.15, -0.1) is 13.2 Å². The van der Waals surface area contributed by atoms with E-state index in [4.69, 9.17) is 25.8 Å². The Morgan fingerprint density at radius 2 is 2.00 bits per heavy atom. The van der Waals surface area contributed by atoms with E-state index >= 15 is 0 Å². The van der Waals surface area contributed by atoms with Gasteiger partial charge in [0, 0.05) is 24.2 Å². The van der Waals surface area contributed by atoms with Crippen LogP contribution in [0.4, 0.5) is 13.2 Å². The van der Waals surface area contributed by atoms with Gasteiger partial charge in [0.25, 0.3) is 5.91 Å². The maximum atomic E-state index is 13.1. The molecular formula is C23H21BrClF3N4O5. The lowest BCUT2D eigenvalue weighted by molar-refractivity contribution is -0.274. The Bertz CT molecular complexity index is 1220. The van der Waals surface area contributed by atoms with Crippen molar-refractivity contribution in [3.63, 3.8) is 0 Å². The van der Waals surface area contributed by atoms with Crippen molar-refractivity contribution in [1.82, 2.24) is 20.2 Å². The third-order valence-electron chi connectivity index (χ3n) is 4.95. The van der Waals surface area contributed by atoms with E-state index in [0.717, 1.165) is 17.7 Å². The Morgan fingerprint density at radius 1 is 1.24 bits per heavy atom. The van der Waals surface area contributed by atoms with Gasteiger partial charge < -0.3 is 24.3 Å². The predicted molar refractivity (Wildman–Crippen MR) is 130 cm³/mol. The number of carbonyl (C=O) groups excluding carboxylic acids is 1. The predicted octanol–water partition coefficient (Wildman–Crippen LogP) is 4.69. The standard InChI is InChI=1S/C23H21BrClF3N4O5/c24-19-18(20(33)29-8-10-34-22-30-9-11-35-22)32(13-14-4-6-15(25)7-5-14)21(31-19)36-16-2-1-3-17(12-16)37-23(26,27)28/h1-7,12,22,30H,8-11,13H2,(H,29,33). The number of rotatable bonds is 10. The highest BCUT2D eigenvalue weighted by atomic mass is 79.9. The molecule has 1 atom stereocenters. The summed E-state index contributed by atoms with van der Waals surface area (Å²) in [6.07, 6.45) is -5.37. The van der Waals surface area contributed by atoms with Crippen LogP contribution in [0.1, 0.15) is 16.1 Å². The molecule has 1 aliphatic heterocycles. The fourth-order valence-corrected chi connectivity index (χ4v) is 4.05. The number of hydrogen-bond acceptors (Lipinski definition) is 7. The molecule has 1 saturated heterocycles. The summed E-state index contributed by atoms with van der Waals surface area (Å²) in [5, 5.41) is 6.28. The lowest BCUT2D eigenvalue weighted by Gasteiger charge is -2.14. The maximum absolute atomic E-state index is 13.1. The molecule has 0 radical (unpaired) electrons. The highest BCUT2D eigenvalue weighted by Crippen LogP contribution is 2.31. The average Bonchev–Trinajstić information content (AvgIpc) is 3.45. The summed E-state index contributed by atoms with van der Waals surface area (Å²) in [7, 11) is 0. The Labute approximate surface area is 222 Å². The van der Waals surface area contributed by atoms with Crippen molar-refractivity contribution in [2.45, 2.75) is 19.3 Å². The fourth-order valence-electron chi connectivity index (χ4n) is 3.38. The van der Waals surface area contributed by atoms with Crippen LogP contribution in [0.15, 0.2) is 53.1 Å². The number of amides is 1. The molecule has 4 rings (SSSR count). The van der Waals surface area contributed by atoms with Crippen LogP contribution in [0.5, 0.6) is 17.5 Å². The summed E-state index contributed by atoms with van der Waals surface area (Å²) < 4.78 is 60.1. The van der Waals surface area contributed by atoms with Gasteiger partial charge in [-0.2, -0.15) is 4.98 Å². The fraction of sp³-hybridized carbons (Fsp3) is 0.304. The van der Waals surface area contributed by atoms with Gasteiger partial charge in [0.2, 0.25) is 6.41 Å². The molecule has 0 aliphatic carbocycles. The molecule has 37 heavy (non-hydrogen) atoms. The van der Waals surface area contributed by atoms with E-state index in [1.54, 1.807) is 24.3 Å². The number of carbonyl (C=O) groups is 1. The summed E-state index contributed by atoms with van der Waals surface area (Å²) in [4.78, 5) is 17.4. The van der Waals surface area contributed by atoms with Crippen molar-refractivity contribution < 1.29 is 36.9 Å². The van der Waals surface area contributed by atoms with Crippen molar-refractivity contribution in [3.8, 4) is 17.5 Å². The van der Waals surface area contributed by atoms with E-state index < -0.39 is 24.4 Å². The minimum atomic E-state index is -4.86. The van der Waals surface area contributed by atoms with Gasteiger partial charge in [0.05, 0.1) is 19.8 Å². The first kappa shape index (κ1) is 27.2. The molecule has 0 bridgehead atoms. The van der Waals surface area contributed by atoms with E-state index in [1.165, 1.54) is 16.7 Å². The van der Waals surface area contributed by atoms with Gasteiger partial charge in [-0.1, -0.05) is 29.8 Å². The number of benzene rings is 2. The molecule has 2 heterocycles. The number of ether oxygens (including phenoxy) is 4. The van der Waals surface area contributed by atoms with Crippen LogP contribution in [0, 0.1) is 0 Å². The first-order valence-electron chi connectivity index (χ1n) is 11.0. The molecule has 2 N–H and O–H groups in total. The number of nitrogens with zero attached hydrogens (tertiary/aromatic N) is 2. The minimum Gasteiger partial charge on any atom is -0.425 e. The third-order valence-corrected chi connectivity index (χ3v) is 5.75.